The maximum atomic E-state index is 12.4. The lowest BCUT2D eigenvalue weighted by atomic mass is 9.78. The smallest absolute Gasteiger partial charge is 0.399 e. The van der Waals surface area contributed by atoms with Crippen LogP contribution in [0.5, 0.6) is 0 Å². The van der Waals surface area contributed by atoms with Gasteiger partial charge in [0.2, 0.25) is 5.91 Å². The second kappa shape index (κ2) is 6.50. The third-order valence-corrected chi connectivity index (χ3v) is 5.20. The van der Waals surface area contributed by atoms with E-state index in [1.165, 1.54) is 0 Å². The normalized spacial score (nSPS) is 22.7. The fourth-order valence-corrected chi connectivity index (χ4v) is 2.93. The van der Waals surface area contributed by atoms with Crippen LogP contribution in [0.25, 0.3) is 0 Å². The number of benzene rings is 1. The van der Waals surface area contributed by atoms with E-state index in [0.717, 1.165) is 11.0 Å². The lowest BCUT2D eigenvalue weighted by Gasteiger charge is -2.32. The topological polar surface area (TPSA) is 48.0 Å². The van der Waals surface area contributed by atoms with Gasteiger partial charge in [0, 0.05) is 13.1 Å². The van der Waals surface area contributed by atoms with Crippen molar-refractivity contribution in [2.75, 3.05) is 26.3 Å². The first-order chi connectivity index (χ1) is 11.3. The van der Waals surface area contributed by atoms with Crippen LogP contribution in [0.4, 0.5) is 0 Å². The molecule has 3 rings (SSSR count). The Morgan fingerprint density at radius 2 is 1.75 bits per heavy atom. The van der Waals surface area contributed by atoms with Gasteiger partial charge < -0.3 is 18.9 Å². The highest BCUT2D eigenvalue weighted by atomic mass is 16.7. The van der Waals surface area contributed by atoms with E-state index in [4.69, 9.17) is 14.0 Å². The van der Waals surface area contributed by atoms with E-state index in [1.807, 2.05) is 56.9 Å². The van der Waals surface area contributed by atoms with Crippen molar-refractivity contribution in [3.8, 4) is 0 Å². The number of morpholine rings is 1. The van der Waals surface area contributed by atoms with Crippen LogP contribution in [0.2, 0.25) is 0 Å². The highest BCUT2D eigenvalue weighted by Gasteiger charge is 2.51. The van der Waals surface area contributed by atoms with Crippen molar-refractivity contribution < 1.29 is 18.8 Å². The molecule has 0 saturated carbocycles. The van der Waals surface area contributed by atoms with Crippen LogP contribution in [0.15, 0.2) is 24.3 Å². The Hall–Kier alpha value is -1.37. The average molecular weight is 331 g/mol. The molecule has 2 fully saturated rings. The number of carbonyl (C=O) groups excluding carboxylic acids is 1. The van der Waals surface area contributed by atoms with Crippen molar-refractivity contribution >= 4 is 18.5 Å². The van der Waals surface area contributed by atoms with Crippen LogP contribution in [0, 0.1) is 0 Å². The molecule has 0 aliphatic carbocycles. The zero-order valence-electron chi connectivity index (χ0n) is 15.0. The highest BCUT2D eigenvalue weighted by molar-refractivity contribution is 6.62. The van der Waals surface area contributed by atoms with Crippen molar-refractivity contribution in [2.45, 2.75) is 45.3 Å². The minimum Gasteiger partial charge on any atom is -0.399 e. The zero-order valence-corrected chi connectivity index (χ0v) is 15.0. The molecule has 0 spiro atoms. The van der Waals surface area contributed by atoms with Gasteiger partial charge in [-0.25, -0.2) is 0 Å². The molecule has 0 N–H and O–H groups in total. The van der Waals surface area contributed by atoms with Crippen molar-refractivity contribution in [1.82, 2.24) is 4.90 Å². The van der Waals surface area contributed by atoms with Crippen LogP contribution in [0.1, 0.15) is 33.3 Å². The Morgan fingerprint density at radius 1 is 1.12 bits per heavy atom. The first kappa shape index (κ1) is 17.5. The summed E-state index contributed by atoms with van der Waals surface area (Å²) in [5.74, 6) is 0.143. The summed E-state index contributed by atoms with van der Waals surface area (Å²) in [6.45, 7) is 10.8. The molecular formula is C18H26BNO4. The van der Waals surface area contributed by atoms with Crippen molar-refractivity contribution in [1.29, 1.82) is 0 Å². The van der Waals surface area contributed by atoms with E-state index in [0.29, 0.717) is 32.7 Å². The summed E-state index contributed by atoms with van der Waals surface area (Å²) in [6.07, 6.45) is 0.396. The summed E-state index contributed by atoms with van der Waals surface area (Å²) in [6, 6.07) is 7.95. The first-order valence-electron chi connectivity index (χ1n) is 8.58. The Balaban J connectivity index is 1.70. The second-order valence-electron chi connectivity index (χ2n) is 7.50. The van der Waals surface area contributed by atoms with E-state index in [-0.39, 0.29) is 17.1 Å². The van der Waals surface area contributed by atoms with Crippen molar-refractivity contribution in [2.24, 2.45) is 0 Å². The maximum Gasteiger partial charge on any atom is 0.494 e. The van der Waals surface area contributed by atoms with Gasteiger partial charge in [0.05, 0.1) is 30.8 Å². The fourth-order valence-electron chi connectivity index (χ4n) is 2.93. The molecule has 2 heterocycles. The number of hydrogen-bond acceptors (Lipinski definition) is 4. The van der Waals surface area contributed by atoms with Gasteiger partial charge in [-0.05, 0) is 38.7 Å². The SMILES string of the molecule is CC1(C)OB(c2cccc(CC(=O)N3CCOCC3)c2)OC1(C)C. The molecule has 2 aliphatic rings. The maximum absolute atomic E-state index is 12.4. The summed E-state index contributed by atoms with van der Waals surface area (Å²) >= 11 is 0. The van der Waals surface area contributed by atoms with Crippen LogP contribution >= 0.6 is 0 Å². The van der Waals surface area contributed by atoms with Gasteiger partial charge >= 0.3 is 7.12 Å². The first-order valence-corrected chi connectivity index (χ1v) is 8.58. The van der Waals surface area contributed by atoms with Gasteiger partial charge in [0.15, 0.2) is 0 Å². The van der Waals surface area contributed by atoms with Crippen LogP contribution in [-0.2, 0) is 25.3 Å². The van der Waals surface area contributed by atoms with Crippen LogP contribution < -0.4 is 5.46 Å². The molecule has 130 valence electrons. The number of carbonyl (C=O) groups is 1. The molecule has 0 radical (unpaired) electrons. The summed E-state index contributed by atoms with van der Waals surface area (Å²) in [4.78, 5) is 14.3. The molecule has 1 amide bonds. The largest absolute Gasteiger partial charge is 0.494 e. The molecule has 6 heteroatoms. The van der Waals surface area contributed by atoms with E-state index in [9.17, 15) is 4.79 Å². The predicted octanol–water partition coefficient (Wildman–Crippen LogP) is 1.39. The molecule has 5 nitrogen and oxygen atoms in total. The number of rotatable bonds is 3. The van der Waals surface area contributed by atoms with Gasteiger partial charge in [0.25, 0.3) is 0 Å². The fraction of sp³-hybridized carbons (Fsp3) is 0.611. The molecule has 0 aromatic heterocycles. The highest BCUT2D eigenvalue weighted by Crippen LogP contribution is 2.36. The Kier molecular flexibility index (Phi) is 4.73. The Morgan fingerprint density at radius 3 is 2.38 bits per heavy atom. The van der Waals surface area contributed by atoms with E-state index in [1.54, 1.807) is 0 Å². The molecule has 1 aromatic rings. The van der Waals surface area contributed by atoms with Crippen LogP contribution in [0.3, 0.4) is 0 Å². The standard InChI is InChI=1S/C18H26BNO4/c1-17(2)18(3,4)24-19(23-17)15-7-5-6-14(12-15)13-16(21)20-8-10-22-11-9-20/h5-7,12H,8-11,13H2,1-4H3. The lowest BCUT2D eigenvalue weighted by molar-refractivity contribution is -0.134. The van der Waals surface area contributed by atoms with Gasteiger partial charge in [0.1, 0.15) is 0 Å². The van der Waals surface area contributed by atoms with Gasteiger partial charge in [-0.2, -0.15) is 0 Å². The predicted molar refractivity (Wildman–Crippen MR) is 93.3 cm³/mol. The minimum atomic E-state index is -0.395. The van der Waals surface area contributed by atoms with Crippen LogP contribution in [-0.4, -0.2) is 55.4 Å². The zero-order chi connectivity index (χ0) is 17.4. The van der Waals surface area contributed by atoms with Gasteiger partial charge in [-0.3, -0.25) is 4.79 Å². The second-order valence-corrected chi connectivity index (χ2v) is 7.50. The average Bonchev–Trinajstić information content (AvgIpc) is 2.76. The minimum absolute atomic E-state index is 0.143. The van der Waals surface area contributed by atoms with Gasteiger partial charge in [-0.1, -0.05) is 24.3 Å². The third kappa shape index (κ3) is 3.51. The molecule has 0 bridgehead atoms. The number of hydrogen-bond donors (Lipinski definition) is 0. The number of nitrogens with zero attached hydrogens (tertiary/aromatic N) is 1. The molecule has 2 aliphatic heterocycles. The molecule has 24 heavy (non-hydrogen) atoms. The van der Waals surface area contributed by atoms with Crippen molar-refractivity contribution in [3.63, 3.8) is 0 Å². The number of ether oxygens (including phenoxy) is 1. The molecular weight excluding hydrogens is 305 g/mol. The molecule has 0 atom stereocenters. The summed E-state index contributed by atoms with van der Waals surface area (Å²) < 4.78 is 17.5. The van der Waals surface area contributed by atoms with Gasteiger partial charge in [-0.15, -0.1) is 0 Å². The van der Waals surface area contributed by atoms with E-state index < -0.39 is 7.12 Å². The third-order valence-electron chi connectivity index (χ3n) is 5.20. The summed E-state index contributed by atoms with van der Waals surface area (Å²) in [7, 11) is -0.395. The quantitative estimate of drug-likeness (QED) is 0.786. The Bertz CT molecular complexity index is 595. The van der Waals surface area contributed by atoms with E-state index >= 15 is 0 Å². The molecule has 1 aromatic carbocycles. The lowest BCUT2D eigenvalue weighted by Crippen LogP contribution is -2.41. The Labute approximate surface area is 144 Å². The van der Waals surface area contributed by atoms with Crippen molar-refractivity contribution in [3.05, 3.63) is 29.8 Å². The summed E-state index contributed by atoms with van der Waals surface area (Å²) in [5, 5.41) is 0. The summed E-state index contributed by atoms with van der Waals surface area (Å²) in [5.41, 5.74) is 1.22. The van der Waals surface area contributed by atoms with E-state index in [2.05, 4.69) is 0 Å². The number of amides is 1. The molecule has 2 saturated heterocycles. The molecule has 0 unspecified atom stereocenters. The monoisotopic (exact) mass is 331 g/mol.